The van der Waals surface area contributed by atoms with Gasteiger partial charge in [-0.1, -0.05) is 0 Å². The maximum absolute atomic E-state index is 11.9. The molecule has 0 aromatic heterocycles. The minimum atomic E-state index is 0.00373. The third kappa shape index (κ3) is 4.28. The number of amides is 1. The second-order valence-electron chi connectivity index (χ2n) is 5.33. The van der Waals surface area contributed by atoms with Crippen molar-refractivity contribution in [2.24, 2.45) is 0 Å². The molecule has 1 aliphatic rings. The van der Waals surface area contributed by atoms with Gasteiger partial charge in [0.1, 0.15) is 0 Å². The van der Waals surface area contributed by atoms with E-state index < -0.39 is 0 Å². The van der Waals surface area contributed by atoms with Crippen LogP contribution in [0.15, 0.2) is 0 Å². The van der Waals surface area contributed by atoms with Gasteiger partial charge in [-0.3, -0.25) is 9.69 Å². The van der Waals surface area contributed by atoms with E-state index in [0.29, 0.717) is 26.0 Å². The van der Waals surface area contributed by atoms with E-state index >= 15 is 0 Å². The number of carbonyl (C=O) groups is 1. The monoisotopic (exact) mass is 253 g/mol. The summed E-state index contributed by atoms with van der Waals surface area (Å²) in [5.74, 6) is 0.104. The van der Waals surface area contributed by atoms with Crippen molar-refractivity contribution in [1.29, 1.82) is 5.26 Å². The molecule has 0 unspecified atom stereocenters. The second-order valence-corrected chi connectivity index (χ2v) is 5.33. The van der Waals surface area contributed by atoms with Gasteiger partial charge in [-0.15, -0.1) is 0 Å². The molecule has 5 heteroatoms. The molecule has 1 aliphatic heterocycles. The van der Waals surface area contributed by atoms with Gasteiger partial charge in [0.05, 0.1) is 25.7 Å². The fraction of sp³-hybridized carbons (Fsp3) is 0.846. The molecular weight excluding hydrogens is 230 g/mol. The first kappa shape index (κ1) is 14.9. The van der Waals surface area contributed by atoms with Crippen molar-refractivity contribution in [3.05, 3.63) is 0 Å². The molecule has 0 aromatic rings. The SMILES string of the molecule is CN(CCC#N)C(=O)CCN1CCOCC1(C)C. The average Bonchev–Trinajstić information content (AvgIpc) is 2.33. The first-order valence-electron chi connectivity index (χ1n) is 6.41. The summed E-state index contributed by atoms with van der Waals surface area (Å²) in [5, 5.41) is 8.49. The van der Waals surface area contributed by atoms with Crippen LogP contribution in [0.5, 0.6) is 0 Å². The summed E-state index contributed by atoms with van der Waals surface area (Å²) < 4.78 is 5.45. The third-order valence-electron chi connectivity index (χ3n) is 3.40. The molecule has 0 bridgehead atoms. The molecule has 0 N–H and O–H groups in total. The van der Waals surface area contributed by atoms with Crippen LogP contribution in [-0.2, 0) is 9.53 Å². The lowest BCUT2D eigenvalue weighted by Crippen LogP contribution is -2.53. The van der Waals surface area contributed by atoms with Crippen LogP contribution in [0.1, 0.15) is 26.7 Å². The van der Waals surface area contributed by atoms with Crippen LogP contribution in [0.2, 0.25) is 0 Å². The summed E-state index contributed by atoms with van der Waals surface area (Å²) >= 11 is 0. The number of hydrogen-bond donors (Lipinski definition) is 0. The molecule has 0 atom stereocenters. The number of carbonyl (C=O) groups excluding carboxylic acids is 1. The van der Waals surface area contributed by atoms with Crippen LogP contribution in [-0.4, -0.2) is 61.1 Å². The standard InChI is InChI=1S/C13H23N3O2/c1-13(2)11-18-10-9-16(13)8-5-12(17)15(3)7-4-6-14/h4-5,7-11H2,1-3H3. The van der Waals surface area contributed by atoms with Gasteiger partial charge in [0.15, 0.2) is 0 Å². The molecule has 0 aliphatic carbocycles. The zero-order valence-corrected chi connectivity index (χ0v) is 11.6. The van der Waals surface area contributed by atoms with Crippen LogP contribution >= 0.6 is 0 Å². The number of morpholine rings is 1. The van der Waals surface area contributed by atoms with Crippen LogP contribution in [0.4, 0.5) is 0 Å². The fourth-order valence-electron chi connectivity index (χ4n) is 2.07. The van der Waals surface area contributed by atoms with Gasteiger partial charge in [-0.2, -0.15) is 5.26 Å². The van der Waals surface area contributed by atoms with E-state index in [1.807, 2.05) is 0 Å². The number of nitriles is 1. The van der Waals surface area contributed by atoms with E-state index in [2.05, 4.69) is 24.8 Å². The quantitative estimate of drug-likeness (QED) is 0.729. The molecule has 0 saturated carbocycles. The van der Waals surface area contributed by atoms with Crippen molar-refractivity contribution in [1.82, 2.24) is 9.80 Å². The summed E-state index contributed by atoms with van der Waals surface area (Å²) in [4.78, 5) is 15.8. The van der Waals surface area contributed by atoms with Crippen LogP contribution in [0.3, 0.4) is 0 Å². The highest BCUT2D eigenvalue weighted by Gasteiger charge is 2.30. The maximum Gasteiger partial charge on any atom is 0.223 e. The largest absolute Gasteiger partial charge is 0.378 e. The number of hydrogen-bond acceptors (Lipinski definition) is 4. The van der Waals surface area contributed by atoms with Gasteiger partial charge in [0.25, 0.3) is 0 Å². The highest BCUT2D eigenvalue weighted by molar-refractivity contribution is 5.76. The molecule has 0 aromatic carbocycles. The second kappa shape index (κ2) is 6.72. The Bertz CT molecular complexity index is 323. The van der Waals surface area contributed by atoms with E-state index in [4.69, 9.17) is 10.00 Å². The van der Waals surface area contributed by atoms with Gasteiger partial charge < -0.3 is 9.64 Å². The van der Waals surface area contributed by atoms with Crippen molar-refractivity contribution >= 4 is 5.91 Å². The molecule has 0 radical (unpaired) electrons. The Morgan fingerprint density at radius 3 is 2.89 bits per heavy atom. The van der Waals surface area contributed by atoms with Gasteiger partial charge in [0.2, 0.25) is 5.91 Å². The summed E-state index contributed by atoms with van der Waals surface area (Å²) in [6.45, 7) is 7.87. The minimum absolute atomic E-state index is 0.00373. The summed E-state index contributed by atoms with van der Waals surface area (Å²) in [7, 11) is 1.75. The molecule has 5 nitrogen and oxygen atoms in total. The van der Waals surface area contributed by atoms with Crippen molar-refractivity contribution in [3.8, 4) is 6.07 Å². The van der Waals surface area contributed by atoms with Gasteiger partial charge >= 0.3 is 0 Å². The van der Waals surface area contributed by atoms with Crippen molar-refractivity contribution in [2.45, 2.75) is 32.2 Å². The Hall–Kier alpha value is -1.12. The van der Waals surface area contributed by atoms with Gasteiger partial charge in [0, 0.05) is 38.6 Å². The van der Waals surface area contributed by atoms with Crippen molar-refractivity contribution in [2.75, 3.05) is 39.9 Å². The first-order valence-corrected chi connectivity index (χ1v) is 6.41. The van der Waals surface area contributed by atoms with Crippen molar-refractivity contribution in [3.63, 3.8) is 0 Å². The van der Waals surface area contributed by atoms with Crippen LogP contribution in [0.25, 0.3) is 0 Å². The van der Waals surface area contributed by atoms with Crippen LogP contribution in [0, 0.1) is 11.3 Å². The van der Waals surface area contributed by atoms with E-state index in [0.717, 1.165) is 19.7 Å². The smallest absolute Gasteiger partial charge is 0.223 e. The van der Waals surface area contributed by atoms with Crippen molar-refractivity contribution < 1.29 is 9.53 Å². The third-order valence-corrected chi connectivity index (χ3v) is 3.40. The Morgan fingerprint density at radius 1 is 1.56 bits per heavy atom. The Kier molecular flexibility index (Phi) is 5.57. The minimum Gasteiger partial charge on any atom is -0.378 e. The molecular formula is C13H23N3O2. The molecule has 1 amide bonds. The molecule has 18 heavy (non-hydrogen) atoms. The maximum atomic E-state index is 11.9. The molecule has 1 heterocycles. The fourth-order valence-corrected chi connectivity index (χ4v) is 2.07. The molecule has 1 fully saturated rings. The lowest BCUT2D eigenvalue weighted by Gasteiger charge is -2.42. The molecule has 1 rings (SSSR count). The predicted octanol–water partition coefficient (Wildman–Crippen LogP) is 0.859. The summed E-state index contributed by atoms with van der Waals surface area (Å²) in [6, 6.07) is 2.05. The Labute approximate surface area is 109 Å². The van der Waals surface area contributed by atoms with Gasteiger partial charge in [-0.25, -0.2) is 0 Å². The van der Waals surface area contributed by atoms with E-state index in [1.165, 1.54) is 0 Å². The summed E-state index contributed by atoms with van der Waals surface area (Å²) in [5.41, 5.74) is 0.00373. The molecule has 1 saturated heterocycles. The zero-order valence-electron chi connectivity index (χ0n) is 11.6. The average molecular weight is 253 g/mol. The predicted molar refractivity (Wildman–Crippen MR) is 69.0 cm³/mol. The molecule has 0 spiro atoms. The Balaban J connectivity index is 2.35. The highest BCUT2D eigenvalue weighted by Crippen LogP contribution is 2.19. The number of nitrogens with zero attached hydrogens (tertiary/aromatic N) is 3. The van der Waals surface area contributed by atoms with Gasteiger partial charge in [-0.05, 0) is 13.8 Å². The van der Waals surface area contributed by atoms with E-state index in [9.17, 15) is 4.79 Å². The lowest BCUT2D eigenvalue weighted by atomic mass is 10.0. The first-order chi connectivity index (χ1) is 8.47. The zero-order chi connectivity index (χ0) is 13.6. The topological polar surface area (TPSA) is 56.6 Å². The number of ether oxygens (including phenoxy) is 1. The highest BCUT2D eigenvalue weighted by atomic mass is 16.5. The van der Waals surface area contributed by atoms with Crippen LogP contribution < -0.4 is 0 Å². The van der Waals surface area contributed by atoms with E-state index in [-0.39, 0.29) is 11.4 Å². The van der Waals surface area contributed by atoms with E-state index in [1.54, 1.807) is 11.9 Å². The lowest BCUT2D eigenvalue weighted by molar-refractivity contribution is -0.131. The number of rotatable bonds is 5. The normalized spacial score (nSPS) is 19.2. The summed E-state index contributed by atoms with van der Waals surface area (Å²) in [6.07, 6.45) is 0.899. The molecule has 102 valence electrons. The Morgan fingerprint density at radius 2 is 2.28 bits per heavy atom.